The van der Waals surface area contributed by atoms with Crippen LogP contribution in [-0.2, 0) is 29.5 Å². The largest absolute Gasteiger partial charge is 1.00 e. The van der Waals surface area contributed by atoms with Gasteiger partial charge in [-0.3, -0.25) is 14.4 Å². The van der Waals surface area contributed by atoms with Crippen LogP contribution in [0, 0.1) is 0 Å². The van der Waals surface area contributed by atoms with Gasteiger partial charge in [0.15, 0.2) is 21.1 Å². The quantitative estimate of drug-likeness (QED) is 0.0918. The number of halogens is 2. The number of alkyl halides is 2. The van der Waals surface area contributed by atoms with E-state index in [4.69, 9.17) is 23.2 Å². The van der Waals surface area contributed by atoms with Gasteiger partial charge in [-0.15, -0.1) is 34.5 Å². The molecule has 154 valence electrons. The van der Waals surface area contributed by atoms with Crippen LogP contribution in [0.2, 0.25) is 0 Å². The van der Waals surface area contributed by atoms with Crippen molar-refractivity contribution >= 4 is 73.4 Å². The Bertz CT molecular complexity index is 925. The van der Waals surface area contributed by atoms with Crippen LogP contribution in [0.25, 0.3) is 0 Å². The normalized spacial score (nSPS) is 19.1. The van der Waals surface area contributed by atoms with Crippen molar-refractivity contribution in [2.75, 3.05) is 24.2 Å². The third kappa shape index (κ3) is 6.01. The van der Waals surface area contributed by atoms with E-state index in [0.29, 0.717) is 0 Å². The first-order chi connectivity index (χ1) is 13.1. The third-order valence-corrected chi connectivity index (χ3v) is 5.62. The number of thiazole rings is 1. The first-order valence-corrected chi connectivity index (χ1v) is 10.5. The molecule has 0 saturated carbocycles. The van der Waals surface area contributed by atoms with Gasteiger partial charge in [-0.05, 0) is 0 Å². The van der Waals surface area contributed by atoms with Gasteiger partial charge in [0, 0.05) is 11.3 Å². The molecule has 12 nitrogen and oxygen atoms in total. The van der Waals surface area contributed by atoms with Crippen LogP contribution in [0.5, 0.6) is 0 Å². The number of hydrogen-bond acceptors (Lipinski definition) is 10. The summed E-state index contributed by atoms with van der Waals surface area (Å²) in [5.41, 5.74) is -0.341. The number of carbonyl (C=O) groups is 3. The number of hydrogen-bond donors (Lipinski definition) is 2. The van der Waals surface area contributed by atoms with Crippen molar-refractivity contribution in [3.05, 3.63) is 11.1 Å². The molecule has 0 aromatic carbocycles. The number of oxime groups is 1. The molecule has 0 bridgehead atoms. The van der Waals surface area contributed by atoms with Crippen molar-refractivity contribution in [3.8, 4) is 0 Å². The van der Waals surface area contributed by atoms with E-state index in [1.54, 1.807) is 0 Å². The van der Waals surface area contributed by atoms with E-state index in [-0.39, 0.29) is 56.3 Å². The Morgan fingerprint density at radius 2 is 2.10 bits per heavy atom. The minimum absolute atomic E-state index is 0. The molecule has 1 aliphatic heterocycles. The molecule has 0 radical (unpaired) electrons. The van der Waals surface area contributed by atoms with Crippen molar-refractivity contribution in [1.29, 1.82) is 0 Å². The Morgan fingerprint density at radius 1 is 1.45 bits per heavy atom. The van der Waals surface area contributed by atoms with E-state index in [9.17, 15) is 27.4 Å². The molecular weight excluding hydrogens is 484 g/mol. The fraction of sp³-hybridized carbons (Fsp3) is 0.417. The number of amides is 3. The van der Waals surface area contributed by atoms with Crippen molar-refractivity contribution < 1.29 is 61.7 Å². The molecule has 1 fully saturated rings. The molecule has 2 rings (SSSR count). The summed E-state index contributed by atoms with van der Waals surface area (Å²) in [4.78, 5) is 44.3. The van der Waals surface area contributed by atoms with E-state index < -0.39 is 46.0 Å². The minimum Gasteiger partial charge on any atom is -0.731 e. The van der Waals surface area contributed by atoms with Crippen molar-refractivity contribution in [3.63, 3.8) is 0 Å². The minimum atomic E-state index is -5.06. The second kappa shape index (κ2) is 10.9. The van der Waals surface area contributed by atoms with Gasteiger partial charge in [0.25, 0.3) is 11.8 Å². The summed E-state index contributed by atoms with van der Waals surface area (Å²) in [6.45, 7) is 0. The predicted octanol–water partition coefficient (Wildman–Crippen LogP) is -3.93. The van der Waals surface area contributed by atoms with Crippen LogP contribution in [0.3, 0.4) is 0 Å². The van der Waals surface area contributed by atoms with E-state index in [1.165, 1.54) is 5.38 Å². The number of rotatable bonds is 8. The second-order valence-electron chi connectivity index (χ2n) is 5.11. The molecule has 0 unspecified atom stereocenters. The molecule has 3 amide bonds. The zero-order valence-electron chi connectivity index (χ0n) is 14.9. The first-order valence-electron chi connectivity index (χ1n) is 7.22. The zero-order valence-corrected chi connectivity index (χ0v) is 20.1. The maximum absolute atomic E-state index is 12.5. The molecular formula is C12H12Cl2N5NaO7S2. The number of nitrogens with zero attached hydrogens (tertiary/aromatic N) is 3. The molecule has 17 heteroatoms. The van der Waals surface area contributed by atoms with Gasteiger partial charge in [-0.1, -0.05) is 5.16 Å². The molecule has 2 heterocycles. The number of β-lactam (4-membered cyclic amide) rings is 1. The fourth-order valence-corrected chi connectivity index (χ4v) is 4.24. The Labute approximate surface area is 201 Å². The van der Waals surface area contributed by atoms with Gasteiger partial charge >= 0.3 is 29.6 Å². The van der Waals surface area contributed by atoms with Crippen LogP contribution < -0.4 is 40.2 Å². The average molecular weight is 496 g/mol. The van der Waals surface area contributed by atoms with Gasteiger partial charge in [-0.25, -0.2) is 17.7 Å². The Balaban J connectivity index is 0.00000420. The van der Waals surface area contributed by atoms with Gasteiger partial charge in [-0.2, -0.15) is 0 Å². The Hall–Kier alpha value is -1.000. The van der Waals surface area contributed by atoms with E-state index in [2.05, 4.69) is 25.6 Å². The summed E-state index contributed by atoms with van der Waals surface area (Å²) in [6.07, 6.45) is 0. The smallest absolute Gasteiger partial charge is 0.731 e. The zero-order chi connectivity index (χ0) is 21.1. The van der Waals surface area contributed by atoms with Gasteiger partial charge in [0.2, 0.25) is 5.91 Å². The Morgan fingerprint density at radius 3 is 2.62 bits per heavy atom. The molecule has 2 atom stereocenters. The van der Waals surface area contributed by atoms with Crippen molar-refractivity contribution in [2.45, 2.75) is 12.1 Å². The summed E-state index contributed by atoms with van der Waals surface area (Å²) in [5.74, 6) is -3.27. The van der Waals surface area contributed by atoms with E-state index in [0.717, 1.165) is 18.4 Å². The SMILES string of the molecule is CON=C(C(=O)N[C@H]1C(=O)N(S(=O)(=O)[O-])[C@H]1CCl)c1csc(NC(=O)CCl)n1.[Na+]. The number of nitrogens with one attached hydrogen (secondary N) is 2. The summed E-state index contributed by atoms with van der Waals surface area (Å²) in [7, 11) is -3.89. The number of anilines is 1. The third-order valence-electron chi connectivity index (χ3n) is 3.37. The fourth-order valence-electron chi connectivity index (χ4n) is 2.20. The van der Waals surface area contributed by atoms with E-state index in [1.807, 2.05) is 0 Å². The Kier molecular flexibility index (Phi) is 9.75. The van der Waals surface area contributed by atoms with Crippen molar-refractivity contribution in [2.24, 2.45) is 5.16 Å². The van der Waals surface area contributed by atoms with Gasteiger partial charge in [0.1, 0.15) is 24.7 Å². The maximum Gasteiger partial charge on any atom is 1.00 e. The maximum atomic E-state index is 12.5. The van der Waals surface area contributed by atoms with Crippen LogP contribution in [0.15, 0.2) is 10.5 Å². The van der Waals surface area contributed by atoms with E-state index >= 15 is 0 Å². The standard InChI is InChI=1S/C12H13Cl2N5O7S2.Na/c1-26-18-8(5-4-27-12(15-5)16-7(20)3-14)10(21)17-9-6(2-13)19(11(9)22)28(23,24)25;/h4,6,9H,2-3H2,1H3,(H,17,21)(H,15,16,20)(H,23,24,25);/q;+1/p-1/t6-,9+;/m0./s1. The molecule has 0 aliphatic carbocycles. The molecule has 29 heavy (non-hydrogen) atoms. The van der Waals surface area contributed by atoms with Crippen molar-refractivity contribution in [1.82, 2.24) is 14.6 Å². The monoisotopic (exact) mass is 495 g/mol. The number of aromatic nitrogens is 1. The summed E-state index contributed by atoms with van der Waals surface area (Å²) in [5, 5.41) is 9.69. The molecule has 1 saturated heterocycles. The van der Waals surface area contributed by atoms with Gasteiger partial charge < -0.3 is 20.0 Å². The van der Waals surface area contributed by atoms with Crippen LogP contribution in [0.4, 0.5) is 5.13 Å². The first kappa shape index (κ1) is 26.0. The molecule has 1 aromatic rings. The molecule has 1 aromatic heterocycles. The molecule has 0 spiro atoms. The summed E-state index contributed by atoms with van der Waals surface area (Å²) >= 11 is 12.0. The summed E-state index contributed by atoms with van der Waals surface area (Å²) < 4.78 is 33.3. The molecule has 2 N–H and O–H groups in total. The predicted molar refractivity (Wildman–Crippen MR) is 98.0 cm³/mol. The van der Waals surface area contributed by atoms with Crippen LogP contribution in [0.1, 0.15) is 5.69 Å². The second-order valence-corrected chi connectivity index (χ2v) is 7.79. The summed E-state index contributed by atoms with van der Waals surface area (Å²) in [6, 6.07) is -2.58. The van der Waals surface area contributed by atoms with Crippen LogP contribution in [-0.4, -0.2) is 76.6 Å². The number of carbonyl (C=O) groups excluding carboxylic acids is 3. The van der Waals surface area contributed by atoms with Crippen LogP contribution >= 0.6 is 34.5 Å². The molecule has 1 aliphatic rings. The average Bonchev–Trinajstić information content (AvgIpc) is 3.08. The van der Waals surface area contributed by atoms with Gasteiger partial charge in [0.05, 0.1) is 6.04 Å². The topological polar surface area (TPSA) is 170 Å².